The molecular weight excluding hydrogens is 322 g/mol. The Bertz CT molecular complexity index is 587. The van der Waals surface area contributed by atoms with Crippen LogP contribution in [0.2, 0.25) is 0 Å². The second kappa shape index (κ2) is 7.99. The molecule has 4 nitrogen and oxygen atoms in total. The number of para-hydroxylation sites is 1. The Morgan fingerprint density at radius 1 is 0.885 bits per heavy atom. The average molecular weight is 356 g/mol. The van der Waals surface area contributed by atoms with Crippen molar-refractivity contribution in [3.8, 4) is 0 Å². The van der Waals surface area contributed by atoms with Gasteiger partial charge in [-0.1, -0.05) is 56.7 Å². The molecule has 2 heterocycles. The highest BCUT2D eigenvalue weighted by Crippen LogP contribution is 2.41. The highest BCUT2D eigenvalue weighted by atomic mass is 16.2. The van der Waals surface area contributed by atoms with Crippen LogP contribution in [0.4, 0.5) is 5.69 Å². The zero-order valence-electron chi connectivity index (χ0n) is 15.9. The molecule has 1 aliphatic carbocycles. The van der Waals surface area contributed by atoms with Gasteiger partial charge in [0.1, 0.15) is 11.7 Å². The molecule has 4 rings (SSSR count). The first-order valence-electron chi connectivity index (χ1n) is 10.7. The van der Waals surface area contributed by atoms with Crippen molar-refractivity contribution in [2.45, 2.75) is 75.9 Å². The van der Waals surface area contributed by atoms with Gasteiger partial charge in [0.2, 0.25) is 5.91 Å². The van der Waals surface area contributed by atoms with Crippen LogP contribution in [0.1, 0.15) is 64.2 Å². The van der Waals surface area contributed by atoms with Crippen LogP contribution in [0.25, 0.3) is 0 Å². The lowest BCUT2D eigenvalue weighted by atomic mass is 9.85. The molecule has 142 valence electrons. The summed E-state index contributed by atoms with van der Waals surface area (Å²) in [6, 6.07) is 10.7. The first kappa shape index (κ1) is 17.8. The fourth-order valence-electron chi connectivity index (χ4n) is 5.32. The number of amides is 1. The van der Waals surface area contributed by atoms with Crippen LogP contribution in [0.3, 0.4) is 0 Å². The zero-order valence-corrected chi connectivity index (χ0v) is 15.9. The van der Waals surface area contributed by atoms with Gasteiger partial charge >= 0.3 is 0 Å². The van der Waals surface area contributed by atoms with E-state index in [2.05, 4.69) is 45.9 Å². The molecule has 2 aliphatic heterocycles. The third-order valence-corrected chi connectivity index (χ3v) is 6.75. The molecule has 2 N–H and O–H groups in total. The van der Waals surface area contributed by atoms with Gasteiger partial charge in [0.25, 0.3) is 0 Å². The highest BCUT2D eigenvalue weighted by molar-refractivity contribution is 5.94. The topological polar surface area (TPSA) is 44.4 Å². The Morgan fingerprint density at radius 2 is 1.50 bits per heavy atom. The number of piperidine rings is 1. The maximum absolute atomic E-state index is 13.2. The Morgan fingerprint density at radius 3 is 2.15 bits per heavy atom. The molecule has 1 atom stereocenters. The third kappa shape index (κ3) is 3.36. The molecule has 1 unspecified atom stereocenters. The monoisotopic (exact) mass is 355 g/mol. The van der Waals surface area contributed by atoms with Crippen LogP contribution >= 0.6 is 0 Å². The largest absolute Gasteiger partial charge is 0.336 e. The number of nitrogens with one attached hydrogen (secondary N) is 2. The first-order valence-corrected chi connectivity index (χ1v) is 10.7. The van der Waals surface area contributed by atoms with Gasteiger partial charge in [-0.3, -0.25) is 4.79 Å². The van der Waals surface area contributed by atoms with Crippen LogP contribution in [0.5, 0.6) is 0 Å². The molecule has 1 aromatic carbocycles. The van der Waals surface area contributed by atoms with Crippen molar-refractivity contribution in [3.63, 3.8) is 0 Å². The van der Waals surface area contributed by atoms with Gasteiger partial charge in [0.15, 0.2) is 0 Å². The molecule has 4 heteroatoms. The Labute approximate surface area is 157 Å². The van der Waals surface area contributed by atoms with E-state index in [9.17, 15) is 4.79 Å². The molecule has 1 aromatic rings. The number of carbonyl (C=O) groups excluding carboxylic acids is 1. The van der Waals surface area contributed by atoms with Crippen molar-refractivity contribution in [1.29, 1.82) is 0 Å². The summed E-state index contributed by atoms with van der Waals surface area (Å²) in [5, 5.41) is 6.90. The standard InChI is InChI=1S/C22H33N3O/c26-21-22(14-16-23-17-15-22)25(19-12-8-5-9-13-19)20(24-21)18-10-6-3-1-2-4-7-11-18/h5,8-9,12-13,18,20,23H,1-4,6-7,10-11,14-17H2,(H,24,26). The summed E-state index contributed by atoms with van der Waals surface area (Å²) in [7, 11) is 0. The Kier molecular flexibility index (Phi) is 5.49. The summed E-state index contributed by atoms with van der Waals surface area (Å²) in [5.74, 6) is 0.819. The van der Waals surface area contributed by atoms with E-state index in [0.29, 0.717) is 5.92 Å². The van der Waals surface area contributed by atoms with Gasteiger partial charge in [-0.15, -0.1) is 0 Å². The molecule has 0 aromatic heterocycles. The normalized spacial score (nSPS) is 27.6. The predicted octanol–water partition coefficient (Wildman–Crippen LogP) is 3.82. The lowest BCUT2D eigenvalue weighted by molar-refractivity contribution is -0.124. The maximum atomic E-state index is 13.2. The minimum absolute atomic E-state index is 0.154. The molecular formula is C22H33N3O. The van der Waals surface area contributed by atoms with E-state index in [1.54, 1.807) is 0 Å². The Balaban J connectivity index is 1.66. The van der Waals surface area contributed by atoms with E-state index in [-0.39, 0.29) is 17.6 Å². The number of nitrogens with zero attached hydrogens (tertiary/aromatic N) is 1. The molecule has 1 saturated carbocycles. The summed E-state index contributed by atoms with van der Waals surface area (Å²) >= 11 is 0. The SMILES string of the molecule is O=C1NC(C2CCCCCCCC2)N(c2ccccc2)C12CCNCC2. The second-order valence-electron chi connectivity index (χ2n) is 8.36. The van der Waals surface area contributed by atoms with E-state index < -0.39 is 0 Å². The third-order valence-electron chi connectivity index (χ3n) is 6.75. The fraction of sp³-hybridized carbons (Fsp3) is 0.682. The van der Waals surface area contributed by atoms with Gasteiger partial charge in [-0.2, -0.15) is 0 Å². The lowest BCUT2D eigenvalue weighted by Gasteiger charge is -2.44. The van der Waals surface area contributed by atoms with Crippen molar-refractivity contribution in [1.82, 2.24) is 10.6 Å². The quantitative estimate of drug-likeness (QED) is 0.848. The van der Waals surface area contributed by atoms with E-state index in [0.717, 1.165) is 25.9 Å². The van der Waals surface area contributed by atoms with Crippen LogP contribution < -0.4 is 15.5 Å². The van der Waals surface area contributed by atoms with Crippen molar-refractivity contribution >= 4 is 11.6 Å². The van der Waals surface area contributed by atoms with E-state index in [4.69, 9.17) is 0 Å². The van der Waals surface area contributed by atoms with Crippen LogP contribution in [-0.4, -0.2) is 30.7 Å². The molecule has 3 fully saturated rings. The number of carbonyl (C=O) groups is 1. The number of benzene rings is 1. The number of anilines is 1. The van der Waals surface area contributed by atoms with E-state index >= 15 is 0 Å². The van der Waals surface area contributed by atoms with Gasteiger partial charge < -0.3 is 15.5 Å². The lowest BCUT2D eigenvalue weighted by Crippen LogP contribution is -2.57. The number of hydrogen-bond acceptors (Lipinski definition) is 3. The minimum atomic E-state index is -0.365. The molecule has 3 aliphatic rings. The van der Waals surface area contributed by atoms with Gasteiger partial charge in [0.05, 0.1) is 0 Å². The van der Waals surface area contributed by atoms with Gasteiger partial charge in [-0.05, 0) is 56.8 Å². The number of hydrogen-bond donors (Lipinski definition) is 2. The summed E-state index contributed by atoms with van der Waals surface area (Å²) < 4.78 is 0. The summed E-state index contributed by atoms with van der Waals surface area (Å²) in [6.07, 6.45) is 12.5. The molecule has 2 saturated heterocycles. The summed E-state index contributed by atoms with van der Waals surface area (Å²) in [6.45, 7) is 1.85. The predicted molar refractivity (Wildman–Crippen MR) is 106 cm³/mol. The number of rotatable bonds is 2. The minimum Gasteiger partial charge on any atom is -0.336 e. The van der Waals surface area contributed by atoms with Crippen molar-refractivity contribution < 1.29 is 4.79 Å². The van der Waals surface area contributed by atoms with Gasteiger partial charge in [-0.25, -0.2) is 0 Å². The van der Waals surface area contributed by atoms with Crippen molar-refractivity contribution in [2.24, 2.45) is 5.92 Å². The fourth-order valence-corrected chi connectivity index (χ4v) is 5.32. The smallest absolute Gasteiger partial charge is 0.247 e. The second-order valence-corrected chi connectivity index (χ2v) is 8.36. The van der Waals surface area contributed by atoms with Crippen LogP contribution in [0, 0.1) is 5.92 Å². The molecule has 0 bridgehead atoms. The maximum Gasteiger partial charge on any atom is 0.247 e. The van der Waals surface area contributed by atoms with Crippen LogP contribution in [-0.2, 0) is 4.79 Å². The molecule has 1 spiro atoms. The van der Waals surface area contributed by atoms with Gasteiger partial charge in [0, 0.05) is 5.69 Å². The van der Waals surface area contributed by atoms with E-state index in [1.165, 1.54) is 57.1 Å². The van der Waals surface area contributed by atoms with Crippen LogP contribution in [0.15, 0.2) is 30.3 Å². The highest BCUT2D eigenvalue weighted by Gasteiger charge is 2.54. The van der Waals surface area contributed by atoms with Crippen molar-refractivity contribution in [3.05, 3.63) is 30.3 Å². The molecule has 26 heavy (non-hydrogen) atoms. The molecule has 0 radical (unpaired) electrons. The Hall–Kier alpha value is -1.55. The molecule has 1 amide bonds. The van der Waals surface area contributed by atoms with Crippen molar-refractivity contribution in [2.75, 3.05) is 18.0 Å². The zero-order chi connectivity index (χ0) is 17.8. The summed E-state index contributed by atoms with van der Waals surface area (Å²) in [4.78, 5) is 15.7. The first-order chi connectivity index (χ1) is 12.8. The van der Waals surface area contributed by atoms with E-state index in [1.807, 2.05) is 0 Å². The average Bonchev–Trinajstić information content (AvgIpc) is 3.02. The summed E-state index contributed by atoms with van der Waals surface area (Å²) in [5.41, 5.74) is 0.841.